The van der Waals surface area contributed by atoms with E-state index in [0.29, 0.717) is 12.0 Å². The van der Waals surface area contributed by atoms with E-state index in [1.165, 1.54) is 13.0 Å². The molecular formula is C20H19BrFN3O2. The summed E-state index contributed by atoms with van der Waals surface area (Å²) in [6.07, 6.45) is 2.16. The Hall–Kier alpha value is -2.67. The molecule has 0 radical (unpaired) electrons. The maximum absolute atomic E-state index is 13.9. The fourth-order valence-electron chi connectivity index (χ4n) is 2.96. The minimum Gasteiger partial charge on any atom is -0.361 e. The van der Waals surface area contributed by atoms with Crippen molar-refractivity contribution in [1.82, 2.24) is 15.6 Å². The summed E-state index contributed by atoms with van der Waals surface area (Å²) in [7, 11) is 0. The van der Waals surface area contributed by atoms with E-state index < -0.39 is 11.9 Å². The zero-order chi connectivity index (χ0) is 19.4. The van der Waals surface area contributed by atoms with Crippen molar-refractivity contribution in [3.63, 3.8) is 0 Å². The maximum atomic E-state index is 13.9. The summed E-state index contributed by atoms with van der Waals surface area (Å²) in [5.41, 5.74) is 2.25. The molecule has 2 aromatic carbocycles. The number of hydrogen-bond acceptors (Lipinski definition) is 2. The molecule has 0 aliphatic heterocycles. The van der Waals surface area contributed by atoms with Crippen molar-refractivity contribution >= 4 is 38.6 Å². The second-order valence-electron chi connectivity index (χ2n) is 6.27. The van der Waals surface area contributed by atoms with Gasteiger partial charge in [0.2, 0.25) is 11.8 Å². The Morgan fingerprint density at radius 3 is 2.74 bits per heavy atom. The topological polar surface area (TPSA) is 74.0 Å². The van der Waals surface area contributed by atoms with Crippen LogP contribution in [-0.4, -0.2) is 22.8 Å². The molecule has 3 rings (SSSR count). The van der Waals surface area contributed by atoms with Gasteiger partial charge in [-0.1, -0.05) is 34.1 Å². The van der Waals surface area contributed by atoms with Crippen LogP contribution in [0.25, 0.3) is 10.9 Å². The molecule has 1 aromatic heterocycles. The van der Waals surface area contributed by atoms with E-state index in [2.05, 4.69) is 31.5 Å². The minimum absolute atomic E-state index is 0.0358. The van der Waals surface area contributed by atoms with Crippen LogP contribution in [0.3, 0.4) is 0 Å². The zero-order valence-electron chi connectivity index (χ0n) is 14.7. The second-order valence-corrected chi connectivity index (χ2v) is 7.19. The van der Waals surface area contributed by atoms with E-state index in [1.54, 1.807) is 12.1 Å². The molecule has 1 atom stereocenters. The summed E-state index contributed by atoms with van der Waals surface area (Å²) >= 11 is 3.29. The lowest BCUT2D eigenvalue weighted by atomic mass is 10.0. The van der Waals surface area contributed by atoms with Crippen molar-refractivity contribution in [3.8, 4) is 0 Å². The monoisotopic (exact) mass is 431 g/mol. The third-order valence-electron chi connectivity index (χ3n) is 4.25. The fraction of sp³-hybridized carbons (Fsp3) is 0.200. The predicted molar refractivity (Wildman–Crippen MR) is 106 cm³/mol. The van der Waals surface area contributed by atoms with Crippen LogP contribution in [0.4, 0.5) is 4.39 Å². The Morgan fingerprint density at radius 2 is 1.96 bits per heavy atom. The highest BCUT2D eigenvalue weighted by Crippen LogP contribution is 2.19. The van der Waals surface area contributed by atoms with Crippen molar-refractivity contribution in [2.75, 3.05) is 0 Å². The van der Waals surface area contributed by atoms with Gasteiger partial charge in [-0.3, -0.25) is 9.59 Å². The molecule has 3 aromatic rings. The smallest absolute Gasteiger partial charge is 0.243 e. The van der Waals surface area contributed by atoms with Crippen molar-refractivity contribution < 1.29 is 14.0 Å². The number of benzene rings is 2. The van der Waals surface area contributed by atoms with E-state index in [-0.39, 0.29) is 18.4 Å². The molecule has 0 saturated heterocycles. The summed E-state index contributed by atoms with van der Waals surface area (Å²) in [6, 6.07) is 11.5. The number of carbonyl (C=O) groups excluding carboxylic acids is 2. The molecule has 7 heteroatoms. The van der Waals surface area contributed by atoms with Gasteiger partial charge in [0.1, 0.15) is 11.9 Å². The Balaban J connectivity index is 1.74. The van der Waals surface area contributed by atoms with Crippen molar-refractivity contribution in [3.05, 3.63) is 70.1 Å². The highest BCUT2D eigenvalue weighted by Gasteiger charge is 2.21. The Bertz CT molecular complexity index is 986. The molecule has 1 heterocycles. The first-order valence-corrected chi connectivity index (χ1v) is 9.27. The van der Waals surface area contributed by atoms with E-state index >= 15 is 0 Å². The molecule has 27 heavy (non-hydrogen) atoms. The standard InChI is InChI=1S/C20H19BrFN3O2/c1-12(26)25-19(9-13-10-23-18-5-3-2-4-16(13)18)20(27)24-11-14-8-15(21)6-7-17(14)22/h2-8,10,19,23H,9,11H2,1H3,(H,24,27)(H,25,26). The summed E-state index contributed by atoms with van der Waals surface area (Å²) in [5, 5.41) is 6.38. The minimum atomic E-state index is -0.753. The lowest BCUT2D eigenvalue weighted by Crippen LogP contribution is -2.47. The average molecular weight is 432 g/mol. The third-order valence-corrected chi connectivity index (χ3v) is 4.75. The van der Waals surface area contributed by atoms with Crippen LogP contribution in [0.5, 0.6) is 0 Å². The molecule has 5 nitrogen and oxygen atoms in total. The van der Waals surface area contributed by atoms with E-state index in [9.17, 15) is 14.0 Å². The summed E-state index contributed by atoms with van der Waals surface area (Å²) in [6.45, 7) is 1.40. The van der Waals surface area contributed by atoms with Gasteiger partial charge in [0.25, 0.3) is 0 Å². The number of halogens is 2. The van der Waals surface area contributed by atoms with Gasteiger partial charge in [-0.25, -0.2) is 4.39 Å². The number of H-pyrrole nitrogens is 1. The van der Waals surface area contributed by atoms with Crippen LogP contribution in [0.15, 0.2) is 53.1 Å². The fourth-order valence-corrected chi connectivity index (χ4v) is 3.37. The molecule has 0 spiro atoms. The zero-order valence-corrected chi connectivity index (χ0v) is 16.3. The van der Waals surface area contributed by atoms with Crippen LogP contribution in [0.1, 0.15) is 18.1 Å². The van der Waals surface area contributed by atoms with Crippen molar-refractivity contribution in [1.29, 1.82) is 0 Å². The highest BCUT2D eigenvalue weighted by molar-refractivity contribution is 9.10. The number of hydrogen-bond donors (Lipinski definition) is 3. The predicted octanol–water partition coefficient (Wildman–Crippen LogP) is 3.43. The number of rotatable bonds is 6. The Morgan fingerprint density at radius 1 is 1.19 bits per heavy atom. The van der Waals surface area contributed by atoms with Crippen LogP contribution < -0.4 is 10.6 Å². The van der Waals surface area contributed by atoms with Crippen LogP contribution in [0, 0.1) is 5.82 Å². The van der Waals surface area contributed by atoms with E-state index in [0.717, 1.165) is 20.9 Å². The number of nitrogens with one attached hydrogen (secondary N) is 3. The molecule has 0 bridgehead atoms. The van der Waals surface area contributed by atoms with Gasteiger partial charge in [-0.2, -0.15) is 0 Å². The first kappa shape index (κ1) is 19.1. The van der Waals surface area contributed by atoms with Crippen molar-refractivity contribution in [2.45, 2.75) is 25.9 Å². The SMILES string of the molecule is CC(=O)NC(Cc1c[nH]c2ccccc12)C(=O)NCc1cc(Br)ccc1F. The largest absolute Gasteiger partial charge is 0.361 e. The number of carbonyl (C=O) groups is 2. The van der Waals surface area contributed by atoms with E-state index in [4.69, 9.17) is 0 Å². The summed E-state index contributed by atoms with van der Waals surface area (Å²) in [4.78, 5) is 27.4. The summed E-state index contributed by atoms with van der Waals surface area (Å²) < 4.78 is 14.6. The Kier molecular flexibility index (Phi) is 5.91. The van der Waals surface area contributed by atoms with Crippen molar-refractivity contribution in [2.24, 2.45) is 0 Å². The van der Waals surface area contributed by atoms with Gasteiger partial charge >= 0.3 is 0 Å². The van der Waals surface area contributed by atoms with Gasteiger partial charge < -0.3 is 15.6 Å². The lowest BCUT2D eigenvalue weighted by molar-refractivity contribution is -0.128. The molecular weight excluding hydrogens is 413 g/mol. The number of para-hydroxylation sites is 1. The van der Waals surface area contributed by atoms with Gasteiger partial charge in [-0.05, 0) is 29.8 Å². The second kappa shape index (κ2) is 8.35. The molecule has 140 valence electrons. The number of aromatic nitrogens is 1. The lowest BCUT2D eigenvalue weighted by Gasteiger charge is -2.18. The highest BCUT2D eigenvalue weighted by atomic mass is 79.9. The summed E-state index contributed by atoms with van der Waals surface area (Å²) in [5.74, 6) is -1.07. The molecule has 0 fully saturated rings. The van der Waals surface area contributed by atoms with Crippen LogP contribution >= 0.6 is 15.9 Å². The molecule has 1 unspecified atom stereocenters. The quantitative estimate of drug-likeness (QED) is 0.559. The number of fused-ring (bicyclic) bond motifs is 1. The maximum Gasteiger partial charge on any atom is 0.243 e. The molecule has 2 amide bonds. The van der Waals surface area contributed by atoms with Gasteiger partial charge in [0.05, 0.1) is 0 Å². The number of amides is 2. The van der Waals surface area contributed by atoms with Crippen LogP contribution in [-0.2, 0) is 22.6 Å². The van der Waals surface area contributed by atoms with Gasteiger partial charge in [-0.15, -0.1) is 0 Å². The first-order chi connectivity index (χ1) is 12.9. The Labute approximate surface area is 164 Å². The van der Waals surface area contributed by atoms with Crippen LogP contribution in [0.2, 0.25) is 0 Å². The first-order valence-electron chi connectivity index (χ1n) is 8.48. The molecule has 0 aliphatic rings. The average Bonchev–Trinajstić information content (AvgIpc) is 3.04. The van der Waals surface area contributed by atoms with E-state index in [1.807, 2.05) is 30.5 Å². The van der Waals surface area contributed by atoms with Gasteiger partial charge in [0, 0.05) is 47.0 Å². The normalized spacial score (nSPS) is 12.0. The number of aromatic amines is 1. The molecule has 0 aliphatic carbocycles. The van der Waals surface area contributed by atoms with Gasteiger partial charge in [0.15, 0.2) is 0 Å². The molecule has 3 N–H and O–H groups in total. The molecule has 0 saturated carbocycles. The third kappa shape index (κ3) is 4.74.